The van der Waals surface area contributed by atoms with Crippen LogP contribution >= 0.6 is 11.8 Å². The maximum atomic E-state index is 13.4. The van der Waals surface area contributed by atoms with E-state index in [4.69, 9.17) is 10.5 Å². The van der Waals surface area contributed by atoms with Gasteiger partial charge >= 0.3 is 0 Å². The van der Waals surface area contributed by atoms with Crippen molar-refractivity contribution in [3.05, 3.63) is 23.5 Å². The summed E-state index contributed by atoms with van der Waals surface area (Å²) in [4.78, 5) is 10.7. The average molecular weight is 253 g/mol. The van der Waals surface area contributed by atoms with Gasteiger partial charge in [-0.2, -0.15) is 0 Å². The third-order valence-electron chi connectivity index (χ3n) is 1.89. The van der Waals surface area contributed by atoms with Crippen LogP contribution in [0.2, 0.25) is 0 Å². The standard InChI is InChI=1S/C12H12FNO2S/c1-8(15)17-5-3-4-9-6-12(16-2)11(14)7-10(9)13/h6-7H,5,14H2,1-2H3. The van der Waals surface area contributed by atoms with Crippen LogP contribution in [0.3, 0.4) is 0 Å². The summed E-state index contributed by atoms with van der Waals surface area (Å²) < 4.78 is 18.4. The number of benzene rings is 1. The number of thioether (sulfide) groups is 1. The second-order valence-corrected chi connectivity index (χ2v) is 4.31. The van der Waals surface area contributed by atoms with Crippen LogP contribution in [-0.4, -0.2) is 18.0 Å². The summed E-state index contributed by atoms with van der Waals surface area (Å²) in [5.41, 5.74) is 5.97. The number of anilines is 1. The molecule has 1 rings (SSSR count). The molecule has 5 heteroatoms. The Morgan fingerprint density at radius 2 is 2.29 bits per heavy atom. The first-order valence-corrected chi connectivity index (χ1v) is 5.78. The topological polar surface area (TPSA) is 52.3 Å². The molecular formula is C12H12FNO2S. The molecule has 90 valence electrons. The lowest BCUT2D eigenvalue weighted by Gasteiger charge is -2.05. The Morgan fingerprint density at radius 1 is 1.59 bits per heavy atom. The predicted octanol–water partition coefficient (Wildman–Crippen LogP) is 2.05. The molecule has 0 amide bonds. The van der Waals surface area contributed by atoms with Gasteiger partial charge in [-0.1, -0.05) is 23.6 Å². The molecule has 0 saturated heterocycles. The summed E-state index contributed by atoms with van der Waals surface area (Å²) in [5.74, 6) is 5.56. The molecule has 0 atom stereocenters. The van der Waals surface area contributed by atoms with Crippen LogP contribution in [0.15, 0.2) is 12.1 Å². The third-order valence-corrected chi connectivity index (χ3v) is 2.59. The summed E-state index contributed by atoms with van der Waals surface area (Å²) in [7, 11) is 1.45. The molecule has 0 aromatic heterocycles. The molecule has 0 unspecified atom stereocenters. The molecule has 0 fully saturated rings. The molecule has 2 N–H and O–H groups in total. The number of halogens is 1. The smallest absolute Gasteiger partial charge is 0.186 e. The fraction of sp³-hybridized carbons (Fsp3) is 0.250. The molecule has 0 aliphatic rings. The van der Waals surface area contributed by atoms with Crippen LogP contribution in [0, 0.1) is 17.7 Å². The van der Waals surface area contributed by atoms with Gasteiger partial charge in [0.15, 0.2) is 5.12 Å². The molecule has 0 radical (unpaired) electrons. The first kappa shape index (κ1) is 13.4. The van der Waals surface area contributed by atoms with E-state index in [1.807, 2.05) is 0 Å². The molecule has 3 nitrogen and oxygen atoms in total. The van der Waals surface area contributed by atoms with Crippen LogP contribution in [0.1, 0.15) is 12.5 Å². The zero-order valence-corrected chi connectivity index (χ0v) is 10.4. The van der Waals surface area contributed by atoms with E-state index in [-0.39, 0.29) is 16.4 Å². The maximum absolute atomic E-state index is 13.4. The van der Waals surface area contributed by atoms with Crippen LogP contribution in [-0.2, 0) is 4.79 Å². The number of carbonyl (C=O) groups excluding carboxylic acids is 1. The van der Waals surface area contributed by atoms with Crippen LogP contribution in [0.5, 0.6) is 5.75 Å². The average Bonchev–Trinajstić information content (AvgIpc) is 2.26. The highest BCUT2D eigenvalue weighted by Gasteiger charge is 2.06. The molecule has 17 heavy (non-hydrogen) atoms. The number of nitrogens with two attached hydrogens (primary N) is 1. The summed E-state index contributed by atoms with van der Waals surface area (Å²) in [6.45, 7) is 1.46. The number of rotatable bonds is 2. The van der Waals surface area contributed by atoms with Gasteiger partial charge in [0.2, 0.25) is 0 Å². The normalized spacial score (nSPS) is 9.35. The number of carbonyl (C=O) groups is 1. The monoisotopic (exact) mass is 253 g/mol. The predicted molar refractivity (Wildman–Crippen MR) is 67.4 cm³/mol. The van der Waals surface area contributed by atoms with Crippen molar-refractivity contribution in [2.75, 3.05) is 18.6 Å². The Labute approximate surface area is 104 Å². The van der Waals surface area contributed by atoms with Crippen molar-refractivity contribution < 1.29 is 13.9 Å². The van der Waals surface area contributed by atoms with Crippen molar-refractivity contribution in [1.82, 2.24) is 0 Å². The van der Waals surface area contributed by atoms with Crippen molar-refractivity contribution in [2.45, 2.75) is 6.92 Å². The van der Waals surface area contributed by atoms with Gasteiger partial charge in [0.1, 0.15) is 11.6 Å². The highest BCUT2D eigenvalue weighted by molar-refractivity contribution is 8.13. The van der Waals surface area contributed by atoms with E-state index in [1.165, 1.54) is 26.2 Å². The summed E-state index contributed by atoms with van der Waals surface area (Å²) in [5, 5.41) is -0.0188. The Bertz CT molecular complexity index is 491. The molecule has 0 aliphatic heterocycles. The lowest BCUT2D eigenvalue weighted by molar-refractivity contribution is -0.109. The van der Waals surface area contributed by atoms with E-state index in [9.17, 15) is 9.18 Å². The van der Waals surface area contributed by atoms with Crippen LogP contribution < -0.4 is 10.5 Å². The fourth-order valence-corrected chi connectivity index (χ4v) is 1.46. The van der Waals surface area contributed by atoms with E-state index in [1.54, 1.807) is 0 Å². The maximum Gasteiger partial charge on any atom is 0.186 e. The van der Waals surface area contributed by atoms with Crippen LogP contribution in [0.25, 0.3) is 0 Å². The van der Waals surface area contributed by atoms with Gasteiger partial charge in [0.25, 0.3) is 0 Å². The highest BCUT2D eigenvalue weighted by atomic mass is 32.2. The first-order chi connectivity index (χ1) is 8.04. The van der Waals surface area contributed by atoms with E-state index < -0.39 is 5.82 Å². The first-order valence-electron chi connectivity index (χ1n) is 4.80. The Morgan fingerprint density at radius 3 is 2.88 bits per heavy atom. The van der Waals surface area contributed by atoms with Gasteiger partial charge in [0, 0.05) is 19.1 Å². The van der Waals surface area contributed by atoms with Gasteiger partial charge < -0.3 is 10.5 Å². The van der Waals surface area contributed by atoms with Crippen molar-refractivity contribution >= 4 is 22.6 Å². The van der Waals surface area contributed by atoms with E-state index >= 15 is 0 Å². The van der Waals surface area contributed by atoms with Crippen molar-refractivity contribution in [2.24, 2.45) is 0 Å². The minimum absolute atomic E-state index is 0.0188. The van der Waals surface area contributed by atoms with Crippen LogP contribution in [0.4, 0.5) is 10.1 Å². The third kappa shape index (κ3) is 4.00. The number of methoxy groups -OCH3 is 1. The Balaban J connectivity index is 2.87. The Kier molecular flexibility index (Phi) is 4.85. The molecule has 0 bridgehead atoms. The lowest BCUT2D eigenvalue weighted by atomic mass is 10.2. The molecule has 0 saturated carbocycles. The van der Waals surface area contributed by atoms with E-state index in [0.29, 0.717) is 11.5 Å². The van der Waals surface area contributed by atoms with Gasteiger partial charge in [-0.25, -0.2) is 4.39 Å². The number of hydrogen-bond donors (Lipinski definition) is 1. The van der Waals surface area contributed by atoms with Crippen molar-refractivity contribution in [3.63, 3.8) is 0 Å². The zero-order chi connectivity index (χ0) is 12.8. The molecule has 0 spiro atoms. The molecule has 0 aliphatic carbocycles. The number of hydrogen-bond acceptors (Lipinski definition) is 4. The van der Waals surface area contributed by atoms with Gasteiger partial charge in [0.05, 0.1) is 24.1 Å². The zero-order valence-electron chi connectivity index (χ0n) is 9.54. The Hall–Kier alpha value is -1.67. The summed E-state index contributed by atoms with van der Waals surface area (Å²) in [6.07, 6.45) is 0. The quantitative estimate of drug-likeness (QED) is 0.647. The number of ether oxygens (including phenoxy) is 1. The van der Waals surface area contributed by atoms with E-state index in [0.717, 1.165) is 11.8 Å². The van der Waals surface area contributed by atoms with Gasteiger partial charge in [-0.3, -0.25) is 4.79 Å². The van der Waals surface area contributed by atoms with Crippen molar-refractivity contribution in [1.29, 1.82) is 0 Å². The van der Waals surface area contributed by atoms with E-state index in [2.05, 4.69) is 11.8 Å². The largest absolute Gasteiger partial charge is 0.495 e. The van der Waals surface area contributed by atoms with Gasteiger partial charge in [-0.15, -0.1) is 0 Å². The minimum atomic E-state index is -0.497. The fourth-order valence-electron chi connectivity index (χ4n) is 1.11. The highest BCUT2D eigenvalue weighted by Crippen LogP contribution is 2.24. The molecular weight excluding hydrogens is 241 g/mol. The summed E-state index contributed by atoms with van der Waals surface area (Å²) >= 11 is 1.08. The second kappa shape index (κ2) is 6.16. The molecule has 1 aromatic rings. The number of nitrogen functional groups attached to an aromatic ring is 1. The van der Waals surface area contributed by atoms with Crippen molar-refractivity contribution in [3.8, 4) is 17.6 Å². The van der Waals surface area contributed by atoms with Gasteiger partial charge in [-0.05, 0) is 0 Å². The molecule has 1 aromatic carbocycles. The SMILES string of the molecule is COc1cc(C#CCSC(C)=O)c(F)cc1N. The summed E-state index contributed by atoms with van der Waals surface area (Å²) in [6, 6.07) is 2.61. The molecule has 0 heterocycles. The minimum Gasteiger partial charge on any atom is -0.495 e. The lowest BCUT2D eigenvalue weighted by Crippen LogP contribution is -1.95. The second-order valence-electron chi connectivity index (χ2n) is 3.16.